The number of nitro groups is 1. The third-order valence-corrected chi connectivity index (χ3v) is 3.40. The lowest BCUT2D eigenvalue weighted by atomic mass is 10.3. The Kier molecular flexibility index (Phi) is 4.41. The molecule has 20 heavy (non-hydrogen) atoms. The molecule has 2 rings (SSSR count). The van der Waals surface area contributed by atoms with E-state index in [1.54, 1.807) is 18.4 Å². The quantitative estimate of drug-likeness (QED) is 0.276. The van der Waals surface area contributed by atoms with Crippen LogP contribution in [0.25, 0.3) is 0 Å². The van der Waals surface area contributed by atoms with Gasteiger partial charge in [-0.1, -0.05) is 0 Å². The van der Waals surface area contributed by atoms with Crippen LogP contribution < -0.4 is 4.74 Å². The van der Waals surface area contributed by atoms with E-state index in [1.807, 2.05) is 0 Å². The van der Waals surface area contributed by atoms with Crippen molar-refractivity contribution in [3.63, 3.8) is 0 Å². The van der Waals surface area contributed by atoms with E-state index in [-0.39, 0.29) is 5.69 Å². The first-order chi connectivity index (χ1) is 9.56. The number of carbonyl (C=O) groups is 1. The number of nitro benzene ring substituents is 1. The number of rotatable bonds is 5. The van der Waals surface area contributed by atoms with Gasteiger partial charge in [-0.05, 0) is 18.2 Å². The van der Waals surface area contributed by atoms with Crippen molar-refractivity contribution < 1.29 is 18.9 Å². The van der Waals surface area contributed by atoms with E-state index < -0.39 is 10.9 Å². The fourth-order valence-corrected chi connectivity index (χ4v) is 2.42. The minimum absolute atomic E-state index is 0.0529. The molecule has 0 bridgehead atoms. The maximum Gasteiger partial charge on any atom is 0.308 e. The van der Waals surface area contributed by atoms with Gasteiger partial charge in [0.1, 0.15) is 11.5 Å². The van der Waals surface area contributed by atoms with Crippen LogP contribution in [0.4, 0.5) is 5.69 Å². The number of esters is 1. The molecule has 0 aliphatic rings. The van der Waals surface area contributed by atoms with Crippen molar-refractivity contribution in [3.05, 3.63) is 52.5 Å². The Balaban J connectivity index is 2.23. The highest BCUT2D eigenvalue weighted by Crippen LogP contribution is 2.34. The molecule has 0 radical (unpaired) electrons. The average molecular weight is 293 g/mol. The number of thioether (sulfide) groups is 1. The zero-order valence-corrected chi connectivity index (χ0v) is 11.4. The molecule has 1 aromatic heterocycles. The summed E-state index contributed by atoms with van der Waals surface area (Å²) in [5.41, 5.74) is -0.0529. The van der Waals surface area contributed by atoms with Crippen molar-refractivity contribution >= 4 is 23.4 Å². The molecule has 6 nitrogen and oxygen atoms in total. The summed E-state index contributed by atoms with van der Waals surface area (Å²) in [4.78, 5) is 21.9. The minimum Gasteiger partial charge on any atom is -0.468 e. The van der Waals surface area contributed by atoms with E-state index in [0.29, 0.717) is 16.4 Å². The summed E-state index contributed by atoms with van der Waals surface area (Å²) in [5.74, 6) is 1.05. The second-order valence-electron chi connectivity index (χ2n) is 3.85. The third-order valence-electron chi connectivity index (χ3n) is 2.34. The van der Waals surface area contributed by atoms with E-state index in [9.17, 15) is 14.9 Å². The van der Waals surface area contributed by atoms with Crippen LogP contribution >= 0.6 is 11.8 Å². The van der Waals surface area contributed by atoms with Gasteiger partial charge in [0.2, 0.25) is 0 Å². The Bertz CT molecular complexity index is 624. The standard InChI is InChI=1S/C13H11NO5S/c1-9(15)19-12-5-4-10(14(16)17)7-13(12)20-8-11-3-2-6-18-11/h2-7H,8H2,1H3. The molecule has 2 aromatic rings. The van der Waals surface area contributed by atoms with Gasteiger partial charge in [0.05, 0.1) is 21.8 Å². The smallest absolute Gasteiger partial charge is 0.308 e. The van der Waals surface area contributed by atoms with Crippen molar-refractivity contribution in [2.75, 3.05) is 0 Å². The number of carbonyl (C=O) groups excluding carboxylic acids is 1. The summed E-state index contributed by atoms with van der Waals surface area (Å²) in [6.07, 6.45) is 1.55. The highest BCUT2D eigenvalue weighted by Gasteiger charge is 2.14. The number of benzene rings is 1. The Labute approximate surface area is 118 Å². The molecule has 0 N–H and O–H groups in total. The Hall–Kier alpha value is -2.28. The molecule has 0 fully saturated rings. The summed E-state index contributed by atoms with van der Waals surface area (Å²) in [5, 5.41) is 10.8. The molecular weight excluding hydrogens is 282 g/mol. The van der Waals surface area contributed by atoms with E-state index in [1.165, 1.54) is 36.9 Å². The number of nitrogens with zero attached hydrogens (tertiary/aromatic N) is 1. The summed E-state index contributed by atoms with van der Waals surface area (Å²) in [7, 11) is 0. The molecule has 0 aliphatic carbocycles. The fraction of sp³-hybridized carbons (Fsp3) is 0.154. The molecule has 0 saturated carbocycles. The highest BCUT2D eigenvalue weighted by atomic mass is 32.2. The van der Waals surface area contributed by atoms with Crippen LogP contribution in [0.1, 0.15) is 12.7 Å². The van der Waals surface area contributed by atoms with E-state index >= 15 is 0 Å². The maximum atomic E-state index is 11.0. The number of non-ortho nitro benzene ring substituents is 1. The molecule has 0 unspecified atom stereocenters. The second kappa shape index (κ2) is 6.25. The predicted molar refractivity (Wildman–Crippen MR) is 72.7 cm³/mol. The van der Waals surface area contributed by atoms with Gasteiger partial charge in [-0.2, -0.15) is 0 Å². The second-order valence-corrected chi connectivity index (χ2v) is 4.87. The van der Waals surface area contributed by atoms with Gasteiger partial charge in [0, 0.05) is 19.1 Å². The van der Waals surface area contributed by atoms with Crippen LogP contribution in [0.2, 0.25) is 0 Å². The monoisotopic (exact) mass is 293 g/mol. The van der Waals surface area contributed by atoms with Gasteiger partial charge in [-0.3, -0.25) is 14.9 Å². The van der Waals surface area contributed by atoms with Gasteiger partial charge in [-0.15, -0.1) is 11.8 Å². The largest absolute Gasteiger partial charge is 0.468 e. The molecule has 0 amide bonds. The van der Waals surface area contributed by atoms with Crippen LogP contribution in [0.5, 0.6) is 5.75 Å². The molecule has 7 heteroatoms. The number of ether oxygens (including phenoxy) is 1. The lowest BCUT2D eigenvalue weighted by molar-refractivity contribution is -0.385. The Morgan fingerprint density at radius 3 is 2.85 bits per heavy atom. The molecule has 0 saturated heterocycles. The zero-order chi connectivity index (χ0) is 14.5. The van der Waals surface area contributed by atoms with E-state index in [2.05, 4.69) is 0 Å². The third kappa shape index (κ3) is 3.61. The zero-order valence-electron chi connectivity index (χ0n) is 10.6. The van der Waals surface area contributed by atoms with E-state index in [4.69, 9.17) is 9.15 Å². The fourth-order valence-electron chi connectivity index (χ4n) is 1.51. The topological polar surface area (TPSA) is 82.6 Å². The highest BCUT2D eigenvalue weighted by molar-refractivity contribution is 7.98. The van der Waals surface area contributed by atoms with Crippen LogP contribution in [-0.4, -0.2) is 10.9 Å². The molecule has 104 valence electrons. The van der Waals surface area contributed by atoms with Crippen molar-refractivity contribution in [2.24, 2.45) is 0 Å². The first-order valence-corrected chi connectivity index (χ1v) is 6.67. The normalized spacial score (nSPS) is 10.2. The Morgan fingerprint density at radius 1 is 1.45 bits per heavy atom. The predicted octanol–water partition coefficient (Wildman–Crippen LogP) is 3.41. The minimum atomic E-state index is -0.492. The molecular formula is C13H11NO5S. The lowest BCUT2D eigenvalue weighted by Crippen LogP contribution is -2.02. The van der Waals surface area contributed by atoms with Crippen LogP contribution in [0.3, 0.4) is 0 Å². The van der Waals surface area contributed by atoms with Gasteiger partial charge in [0.25, 0.3) is 5.69 Å². The molecule has 0 spiro atoms. The van der Waals surface area contributed by atoms with Crippen LogP contribution in [-0.2, 0) is 10.5 Å². The van der Waals surface area contributed by atoms with Crippen molar-refractivity contribution in [3.8, 4) is 5.75 Å². The number of hydrogen-bond donors (Lipinski definition) is 0. The maximum absolute atomic E-state index is 11.0. The molecule has 0 aliphatic heterocycles. The lowest BCUT2D eigenvalue weighted by Gasteiger charge is -2.07. The summed E-state index contributed by atoms with van der Waals surface area (Å²) in [6.45, 7) is 1.28. The van der Waals surface area contributed by atoms with E-state index in [0.717, 1.165) is 5.76 Å². The number of hydrogen-bond acceptors (Lipinski definition) is 6. The molecule has 1 heterocycles. The first-order valence-electron chi connectivity index (χ1n) is 5.68. The summed E-state index contributed by atoms with van der Waals surface area (Å²) < 4.78 is 10.2. The van der Waals surface area contributed by atoms with Gasteiger partial charge >= 0.3 is 5.97 Å². The van der Waals surface area contributed by atoms with Gasteiger partial charge in [0.15, 0.2) is 0 Å². The summed E-state index contributed by atoms with van der Waals surface area (Å²) in [6, 6.07) is 7.66. The average Bonchev–Trinajstić information content (AvgIpc) is 2.89. The Morgan fingerprint density at radius 2 is 2.25 bits per heavy atom. The van der Waals surface area contributed by atoms with Crippen LogP contribution in [0.15, 0.2) is 45.9 Å². The molecule has 0 atom stereocenters. The van der Waals surface area contributed by atoms with Crippen molar-refractivity contribution in [1.29, 1.82) is 0 Å². The molecule has 1 aromatic carbocycles. The number of furan rings is 1. The van der Waals surface area contributed by atoms with Crippen molar-refractivity contribution in [2.45, 2.75) is 17.6 Å². The van der Waals surface area contributed by atoms with Gasteiger partial charge < -0.3 is 9.15 Å². The van der Waals surface area contributed by atoms with Crippen molar-refractivity contribution in [1.82, 2.24) is 0 Å². The first kappa shape index (κ1) is 14.1. The van der Waals surface area contributed by atoms with Crippen LogP contribution in [0, 0.1) is 10.1 Å². The summed E-state index contributed by atoms with van der Waals surface area (Å²) >= 11 is 1.30. The van der Waals surface area contributed by atoms with Gasteiger partial charge in [-0.25, -0.2) is 0 Å². The SMILES string of the molecule is CC(=O)Oc1ccc([N+](=O)[O-])cc1SCc1ccco1.